The quantitative estimate of drug-likeness (QED) is 0.682. The van der Waals surface area contributed by atoms with Crippen LogP contribution in [-0.2, 0) is 13.1 Å². The van der Waals surface area contributed by atoms with Crippen LogP contribution < -0.4 is 5.32 Å². The van der Waals surface area contributed by atoms with Crippen molar-refractivity contribution in [2.45, 2.75) is 13.1 Å². The Morgan fingerprint density at radius 3 is 3.40 bits per heavy atom. The summed E-state index contributed by atoms with van der Waals surface area (Å²) in [6.45, 7) is 3.10. The van der Waals surface area contributed by atoms with E-state index in [0.29, 0.717) is 0 Å². The molecule has 1 aliphatic heterocycles. The molecule has 2 heterocycles. The Labute approximate surface area is 73.0 Å². The van der Waals surface area contributed by atoms with E-state index in [-0.39, 0.29) is 0 Å². The van der Waals surface area contributed by atoms with E-state index in [9.17, 15) is 0 Å². The van der Waals surface area contributed by atoms with Crippen molar-refractivity contribution in [3.05, 3.63) is 15.7 Å². The second-order valence-corrected chi connectivity index (χ2v) is 3.31. The molecule has 3 nitrogen and oxygen atoms in total. The Kier molecular flexibility index (Phi) is 1.65. The summed E-state index contributed by atoms with van der Waals surface area (Å²) in [5.74, 6) is 0. The summed E-state index contributed by atoms with van der Waals surface area (Å²) < 4.78 is 3.35. The lowest BCUT2D eigenvalue weighted by atomic mass is 10.4. The number of nitrogens with zero attached hydrogens (tertiary/aromatic N) is 2. The van der Waals surface area contributed by atoms with Crippen molar-refractivity contribution < 1.29 is 0 Å². The molecule has 0 saturated heterocycles. The minimum absolute atomic E-state index is 0.968. The molecule has 0 unspecified atom stereocenters. The van der Waals surface area contributed by atoms with Crippen molar-refractivity contribution in [1.29, 1.82) is 0 Å². The average Bonchev–Trinajstić information content (AvgIpc) is 2.34. The molecule has 1 aromatic rings. The number of halogens is 1. The molecule has 0 bridgehead atoms. The summed E-state index contributed by atoms with van der Waals surface area (Å²) in [5.41, 5.74) is 1.30. The lowest BCUT2D eigenvalue weighted by Crippen LogP contribution is -2.28. The monoisotopic (exact) mass is 249 g/mol. The summed E-state index contributed by atoms with van der Waals surface area (Å²) >= 11 is 2.26. The maximum Gasteiger partial charge on any atom is 0.171 e. The van der Waals surface area contributed by atoms with Crippen molar-refractivity contribution >= 4 is 22.6 Å². The molecular weight excluding hydrogens is 241 g/mol. The first-order valence-electron chi connectivity index (χ1n) is 3.28. The molecule has 0 spiro atoms. The zero-order valence-corrected chi connectivity index (χ0v) is 7.63. The highest BCUT2D eigenvalue weighted by Gasteiger charge is 2.10. The Bertz CT molecular complexity index is 243. The zero-order chi connectivity index (χ0) is 6.97. The molecule has 0 atom stereocenters. The largest absolute Gasteiger partial charge is 0.321 e. The van der Waals surface area contributed by atoms with Crippen LogP contribution >= 0.6 is 22.6 Å². The SMILES string of the molecule is Ic1ncc2n1CCNC2. The number of imidazole rings is 1. The normalized spacial score (nSPS) is 16.9. The lowest BCUT2D eigenvalue weighted by Gasteiger charge is -2.15. The highest BCUT2D eigenvalue weighted by atomic mass is 127. The minimum atomic E-state index is 0.968. The Balaban J connectivity index is 2.45. The summed E-state index contributed by atoms with van der Waals surface area (Å²) in [6, 6.07) is 0. The molecule has 0 aromatic carbocycles. The van der Waals surface area contributed by atoms with Gasteiger partial charge in [0, 0.05) is 19.6 Å². The molecule has 1 aromatic heterocycles. The standard InChI is InChI=1S/C6H8IN3/c7-6-9-4-5-3-8-1-2-10(5)6/h4,8H,1-3H2. The van der Waals surface area contributed by atoms with Crippen molar-refractivity contribution in [2.75, 3.05) is 6.54 Å². The fourth-order valence-electron chi connectivity index (χ4n) is 1.17. The van der Waals surface area contributed by atoms with Gasteiger partial charge in [0.15, 0.2) is 3.83 Å². The minimum Gasteiger partial charge on any atom is -0.321 e. The molecule has 0 amide bonds. The third-order valence-electron chi connectivity index (χ3n) is 1.71. The van der Waals surface area contributed by atoms with Crippen molar-refractivity contribution in [1.82, 2.24) is 14.9 Å². The first-order valence-corrected chi connectivity index (χ1v) is 4.36. The molecule has 0 radical (unpaired) electrons. The van der Waals surface area contributed by atoms with E-state index >= 15 is 0 Å². The summed E-state index contributed by atoms with van der Waals surface area (Å²) in [7, 11) is 0. The van der Waals surface area contributed by atoms with Crippen LogP contribution in [0.3, 0.4) is 0 Å². The molecule has 0 saturated carbocycles. The molecular formula is C6H8IN3. The fourth-order valence-corrected chi connectivity index (χ4v) is 1.86. The molecule has 1 aliphatic rings. The lowest BCUT2D eigenvalue weighted by molar-refractivity contribution is 0.508. The van der Waals surface area contributed by atoms with Gasteiger partial charge in [0.25, 0.3) is 0 Å². The second-order valence-electron chi connectivity index (χ2n) is 2.35. The molecule has 54 valence electrons. The van der Waals surface area contributed by atoms with E-state index in [1.807, 2.05) is 6.20 Å². The highest BCUT2D eigenvalue weighted by molar-refractivity contribution is 14.1. The van der Waals surface area contributed by atoms with Gasteiger partial charge in [0.2, 0.25) is 0 Å². The van der Waals surface area contributed by atoms with Gasteiger partial charge in [-0.15, -0.1) is 0 Å². The number of rotatable bonds is 0. The van der Waals surface area contributed by atoms with Crippen LogP contribution in [0.15, 0.2) is 6.20 Å². The topological polar surface area (TPSA) is 29.9 Å². The second kappa shape index (κ2) is 2.50. The van der Waals surface area contributed by atoms with E-state index < -0.39 is 0 Å². The first kappa shape index (κ1) is 6.60. The fraction of sp³-hybridized carbons (Fsp3) is 0.500. The third-order valence-corrected chi connectivity index (χ3v) is 2.57. The Morgan fingerprint density at radius 2 is 2.60 bits per heavy atom. The summed E-state index contributed by atoms with van der Waals surface area (Å²) in [5, 5.41) is 3.29. The smallest absolute Gasteiger partial charge is 0.171 e. The Hall–Kier alpha value is -0.100. The van der Waals surface area contributed by atoms with Crippen LogP contribution in [0, 0.1) is 3.83 Å². The van der Waals surface area contributed by atoms with Crippen LogP contribution in [0.5, 0.6) is 0 Å². The molecule has 1 N–H and O–H groups in total. The van der Waals surface area contributed by atoms with Gasteiger partial charge < -0.3 is 9.88 Å². The molecule has 0 aliphatic carbocycles. The van der Waals surface area contributed by atoms with Crippen LogP contribution in [-0.4, -0.2) is 16.1 Å². The Morgan fingerprint density at radius 1 is 1.70 bits per heavy atom. The van der Waals surface area contributed by atoms with E-state index in [4.69, 9.17) is 0 Å². The van der Waals surface area contributed by atoms with Crippen molar-refractivity contribution in [2.24, 2.45) is 0 Å². The number of fused-ring (bicyclic) bond motifs is 1. The van der Waals surface area contributed by atoms with Gasteiger partial charge in [0.05, 0.1) is 11.9 Å². The van der Waals surface area contributed by atoms with Crippen LogP contribution in [0.25, 0.3) is 0 Å². The van der Waals surface area contributed by atoms with Gasteiger partial charge in [-0.3, -0.25) is 0 Å². The van der Waals surface area contributed by atoms with Crippen molar-refractivity contribution in [3.63, 3.8) is 0 Å². The van der Waals surface area contributed by atoms with Crippen LogP contribution in [0.2, 0.25) is 0 Å². The van der Waals surface area contributed by atoms with E-state index in [1.54, 1.807) is 0 Å². The van der Waals surface area contributed by atoms with Crippen LogP contribution in [0.1, 0.15) is 5.69 Å². The van der Waals surface area contributed by atoms with Gasteiger partial charge in [-0.25, -0.2) is 4.98 Å². The maximum atomic E-state index is 4.21. The van der Waals surface area contributed by atoms with Crippen LogP contribution in [0.4, 0.5) is 0 Å². The van der Waals surface area contributed by atoms with E-state index in [0.717, 1.165) is 23.5 Å². The predicted octanol–water partition coefficient (Wildman–Crippen LogP) is 0.591. The number of hydrogen-bond acceptors (Lipinski definition) is 2. The summed E-state index contributed by atoms with van der Waals surface area (Å²) in [4.78, 5) is 4.21. The zero-order valence-electron chi connectivity index (χ0n) is 5.47. The van der Waals surface area contributed by atoms with Gasteiger partial charge >= 0.3 is 0 Å². The average molecular weight is 249 g/mol. The number of aromatic nitrogens is 2. The van der Waals surface area contributed by atoms with Gasteiger partial charge in [-0.1, -0.05) is 0 Å². The van der Waals surface area contributed by atoms with Gasteiger partial charge in [-0.05, 0) is 22.6 Å². The number of hydrogen-bond donors (Lipinski definition) is 1. The molecule has 4 heteroatoms. The number of nitrogens with one attached hydrogen (secondary N) is 1. The van der Waals surface area contributed by atoms with E-state index in [1.165, 1.54) is 5.69 Å². The molecule has 2 rings (SSSR count). The van der Waals surface area contributed by atoms with E-state index in [2.05, 4.69) is 37.5 Å². The van der Waals surface area contributed by atoms with Gasteiger partial charge in [0.1, 0.15) is 0 Å². The summed E-state index contributed by atoms with van der Waals surface area (Å²) in [6.07, 6.45) is 1.94. The maximum absolute atomic E-state index is 4.21. The molecule has 10 heavy (non-hydrogen) atoms. The predicted molar refractivity (Wildman–Crippen MR) is 46.7 cm³/mol. The molecule has 0 fully saturated rings. The van der Waals surface area contributed by atoms with Crippen molar-refractivity contribution in [3.8, 4) is 0 Å². The third kappa shape index (κ3) is 0.950. The van der Waals surface area contributed by atoms with Gasteiger partial charge in [-0.2, -0.15) is 0 Å². The highest BCUT2D eigenvalue weighted by Crippen LogP contribution is 2.09. The first-order chi connectivity index (χ1) is 4.88.